The molecule has 0 unspecified atom stereocenters. The normalized spacial score (nSPS) is 6.80. The maximum Gasteiger partial charge on any atom is 0.407 e. The molecule has 0 fully saturated rings. The van der Waals surface area contributed by atoms with Crippen molar-refractivity contribution in [3.63, 3.8) is 0 Å². The van der Waals surface area contributed by atoms with Crippen LogP contribution in [-0.4, -0.2) is 19.2 Å². The molecule has 1 amide bonds. The van der Waals surface area contributed by atoms with Crippen LogP contribution in [0.25, 0.3) is 0 Å². The predicted octanol–water partition coefficient (Wildman–Crippen LogP) is 0.137. The highest BCUT2D eigenvalue weighted by Crippen LogP contribution is 1.73. The summed E-state index contributed by atoms with van der Waals surface area (Å²) in [7, 11) is 0. The summed E-state index contributed by atoms with van der Waals surface area (Å²) in [5.41, 5.74) is 0. The molecule has 0 bridgehead atoms. The lowest BCUT2D eigenvalue weighted by molar-refractivity contribution is 0.153. The van der Waals surface area contributed by atoms with Crippen molar-refractivity contribution in [2.45, 2.75) is 6.92 Å². The molecule has 0 heterocycles. The van der Waals surface area contributed by atoms with Gasteiger partial charge in [0.05, 0.1) is 12.7 Å². The molecule has 0 saturated carbocycles. The van der Waals surface area contributed by atoms with Crippen molar-refractivity contribution < 1.29 is 15.0 Å². The minimum Gasteiger partial charge on any atom is -0.450 e. The summed E-state index contributed by atoms with van der Waals surface area (Å²) >= 11 is 0. The molecule has 0 spiro atoms. The van der Waals surface area contributed by atoms with Gasteiger partial charge in [0.15, 0.2) is 0 Å². The van der Waals surface area contributed by atoms with Gasteiger partial charge >= 0.3 is 6.09 Å². The Morgan fingerprint density at radius 1 is 1.80 bits per heavy atom. The Kier molecular flexibility index (Phi) is 8.88. The average molecular weight is 144 g/mol. The molecule has 0 aliphatic carbocycles. The molecule has 0 aromatic heterocycles. The first-order valence-corrected chi connectivity index (χ1v) is 2.58. The smallest absolute Gasteiger partial charge is 0.407 e. The van der Waals surface area contributed by atoms with Gasteiger partial charge in [-0.2, -0.15) is 5.26 Å². The highest BCUT2D eigenvalue weighted by Gasteiger charge is 1.94. The molecule has 10 heavy (non-hydrogen) atoms. The Balaban J connectivity index is 0. The van der Waals surface area contributed by atoms with Crippen LogP contribution >= 0.6 is 0 Å². The van der Waals surface area contributed by atoms with E-state index in [0.717, 1.165) is 0 Å². The lowest BCUT2D eigenvalue weighted by Crippen LogP contribution is -2.24. The summed E-state index contributed by atoms with van der Waals surface area (Å²) in [5, 5.41) is 10.2. The third kappa shape index (κ3) is 6.72. The first-order valence-electron chi connectivity index (χ1n) is 2.58. The van der Waals surface area contributed by atoms with Gasteiger partial charge in [-0.15, -0.1) is 0 Å². The zero-order chi connectivity index (χ0) is 7.11. The van der Waals surface area contributed by atoms with Crippen LogP contribution in [0.2, 0.25) is 0 Å². The molecule has 5 nitrogen and oxygen atoms in total. The second kappa shape index (κ2) is 7.72. The fraction of sp³-hybridized carbons (Fsp3) is 0.600. The second-order valence-corrected chi connectivity index (χ2v) is 1.23. The molecule has 0 aliphatic rings. The van der Waals surface area contributed by atoms with Crippen LogP contribution in [0.15, 0.2) is 0 Å². The molecule has 2 radical (unpaired) electrons. The van der Waals surface area contributed by atoms with Gasteiger partial charge in [0.25, 0.3) is 0 Å². The van der Waals surface area contributed by atoms with Gasteiger partial charge in [0.1, 0.15) is 6.54 Å². The van der Waals surface area contributed by atoms with Gasteiger partial charge in [-0.1, -0.05) is 0 Å². The maximum absolute atomic E-state index is 10.3. The molecule has 0 rings (SSSR count). The van der Waals surface area contributed by atoms with Gasteiger partial charge in [-0.3, -0.25) is 0 Å². The SMILES string of the molecule is CCOC(=O)NCC#N.[O]. The highest BCUT2D eigenvalue weighted by atomic mass is 16.5. The number of rotatable bonds is 2. The van der Waals surface area contributed by atoms with Crippen molar-refractivity contribution in [3.05, 3.63) is 0 Å². The van der Waals surface area contributed by atoms with Crippen LogP contribution in [-0.2, 0) is 10.2 Å². The topological polar surface area (TPSA) is 90.6 Å². The van der Waals surface area contributed by atoms with E-state index in [1.54, 1.807) is 13.0 Å². The molecule has 1 N–H and O–H groups in total. The Bertz CT molecular complexity index is 129. The fourth-order valence-corrected chi connectivity index (χ4v) is 0.294. The van der Waals surface area contributed by atoms with Crippen molar-refractivity contribution in [1.82, 2.24) is 5.32 Å². The highest BCUT2D eigenvalue weighted by molar-refractivity contribution is 5.67. The summed E-state index contributed by atoms with van der Waals surface area (Å²) in [6, 6.07) is 1.75. The number of amides is 1. The van der Waals surface area contributed by atoms with Crippen molar-refractivity contribution in [2.75, 3.05) is 13.2 Å². The van der Waals surface area contributed by atoms with E-state index in [-0.39, 0.29) is 12.0 Å². The fourth-order valence-electron chi connectivity index (χ4n) is 0.294. The van der Waals surface area contributed by atoms with Gasteiger partial charge in [0.2, 0.25) is 0 Å². The van der Waals surface area contributed by atoms with Crippen molar-refractivity contribution >= 4 is 6.09 Å². The minimum atomic E-state index is -0.543. The van der Waals surface area contributed by atoms with E-state index < -0.39 is 6.09 Å². The number of carbonyl (C=O) groups excluding carboxylic acids is 1. The molecular formula is C5H8N2O3. The molecular weight excluding hydrogens is 136 g/mol. The number of alkyl carbamates (subject to hydrolysis) is 1. The first kappa shape index (κ1) is 11.5. The Morgan fingerprint density at radius 3 is 2.80 bits per heavy atom. The standard InChI is InChI=1S/C5H8N2O2.O/c1-2-9-5(8)7-4-3-6;/h2,4H2,1H3,(H,7,8);. The summed E-state index contributed by atoms with van der Waals surface area (Å²) in [5.74, 6) is 0. The number of nitrogens with zero attached hydrogens (tertiary/aromatic N) is 1. The average Bonchev–Trinajstić information content (AvgIpc) is 1.85. The van der Waals surface area contributed by atoms with Crippen molar-refractivity contribution in [2.24, 2.45) is 0 Å². The van der Waals surface area contributed by atoms with E-state index in [2.05, 4.69) is 10.1 Å². The summed E-state index contributed by atoms with van der Waals surface area (Å²) in [6.45, 7) is 2.03. The number of nitrogens with one attached hydrogen (secondary N) is 1. The summed E-state index contributed by atoms with van der Waals surface area (Å²) in [4.78, 5) is 10.3. The molecule has 0 atom stereocenters. The molecule has 0 saturated heterocycles. The Morgan fingerprint density at radius 2 is 2.40 bits per heavy atom. The third-order valence-corrected chi connectivity index (χ3v) is 0.587. The molecule has 56 valence electrons. The van der Waals surface area contributed by atoms with E-state index >= 15 is 0 Å². The zero-order valence-corrected chi connectivity index (χ0v) is 5.59. The number of hydrogen-bond donors (Lipinski definition) is 1. The Labute approximate surface area is 58.9 Å². The van der Waals surface area contributed by atoms with Gasteiger partial charge in [-0.05, 0) is 6.92 Å². The first-order chi connectivity index (χ1) is 4.31. The van der Waals surface area contributed by atoms with Crippen LogP contribution in [0.3, 0.4) is 0 Å². The predicted molar refractivity (Wildman–Crippen MR) is 31.3 cm³/mol. The molecule has 0 aliphatic heterocycles. The molecule has 5 heteroatoms. The number of carbonyl (C=O) groups is 1. The van der Waals surface area contributed by atoms with E-state index in [1.165, 1.54) is 0 Å². The van der Waals surface area contributed by atoms with E-state index in [9.17, 15) is 4.79 Å². The lowest BCUT2D eigenvalue weighted by atomic mass is 10.7. The number of ether oxygens (including phenoxy) is 1. The quantitative estimate of drug-likeness (QED) is 0.558. The van der Waals surface area contributed by atoms with E-state index in [0.29, 0.717) is 6.61 Å². The van der Waals surface area contributed by atoms with Crippen LogP contribution in [0.1, 0.15) is 6.92 Å². The van der Waals surface area contributed by atoms with Gasteiger partial charge in [-0.25, -0.2) is 4.79 Å². The largest absolute Gasteiger partial charge is 0.450 e. The van der Waals surface area contributed by atoms with E-state index in [1.807, 2.05) is 0 Å². The lowest BCUT2D eigenvalue weighted by Gasteiger charge is -1.98. The molecule has 0 aromatic rings. The number of hydrogen-bond acceptors (Lipinski definition) is 3. The van der Waals surface area contributed by atoms with Crippen LogP contribution in [0.5, 0.6) is 0 Å². The monoisotopic (exact) mass is 144 g/mol. The van der Waals surface area contributed by atoms with Gasteiger partial charge in [0, 0.05) is 5.48 Å². The minimum absolute atomic E-state index is 0. The van der Waals surface area contributed by atoms with Crippen molar-refractivity contribution in [3.8, 4) is 6.07 Å². The summed E-state index contributed by atoms with van der Waals surface area (Å²) in [6.07, 6.45) is -0.543. The molecule has 0 aromatic carbocycles. The van der Waals surface area contributed by atoms with Crippen LogP contribution < -0.4 is 5.32 Å². The van der Waals surface area contributed by atoms with Gasteiger partial charge < -0.3 is 10.1 Å². The van der Waals surface area contributed by atoms with Crippen molar-refractivity contribution in [1.29, 1.82) is 5.26 Å². The van der Waals surface area contributed by atoms with Crippen LogP contribution in [0.4, 0.5) is 4.79 Å². The Hall–Kier alpha value is -1.28. The number of nitriles is 1. The second-order valence-electron chi connectivity index (χ2n) is 1.23. The third-order valence-electron chi connectivity index (χ3n) is 0.587. The van der Waals surface area contributed by atoms with Crippen LogP contribution in [0, 0.1) is 11.3 Å². The summed E-state index contributed by atoms with van der Waals surface area (Å²) < 4.78 is 4.44. The maximum atomic E-state index is 10.3. The van der Waals surface area contributed by atoms with E-state index in [4.69, 9.17) is 5.26 Å². The zero-order valence-electron chi connectivity index (χ0n) is 5.59.